The molecule has 2 aliphatic rings. The van der Waals surface area contributed by atoms with Gasteiger partial charge in [-0.15, -0.1) is 0 Å². The van der Waals surface area contributed by atoms with E-state index in [0.717, 1.165) is 37.6 Å². The van der Waals surface area contributed by atoms with Crippen LogP contribution in [0.3, 0.4) is 0 Å². The van der Waals surface area contributed by atoms with E-state index in [0.29, 0.717) is 0 Å². The lowest BCUT2D eigenvalue weighted by molar-refractivity contribution is -0.141. The van der Waals surface area contributed by atoms with Crippen molar-refractivity contribution in [3.05, 3.63) is 12.2 Å². The number of rotatable bonds is 6. The first-order chi connectivity index (χ1) is 10.5. The molecule has 6 heteroatoms. The number of hydrogen-bond acceptors (Lipinski definition) is 4. The molecule has 2 rings (SSSR count). The third kappa shape index (κ3) is 3.94. The maximum atomic E-state index is 12.5. The van der Waals surface area contributed by atoms with Crippen LogP contribution in [0.4, 0.5) is 0 Å². The molecular weight excluding hydrogens is 282 g/mol. The maximum Gasteiger partial charge on any atom is 0.253 e. The molecular formula is C16H25N3O3. The lowest BCUT2D eigenvalue weighted by Gasteiger charge is -2.36. The molecule has 0 bridgehead atoms. The van der Waals surface area contributed by atoms with Gasteiger partial charge in [-0.25, -0.2) is 0 Å². The molecule has 1 saturated heterocycles. The summed E-state index contributed by atoms with van der Waals surface area (Å²) in [6.45, 7) is 8.49. The summed E-state index contributed by atoms with van der Waals surface area (Å²) in [6, 6.07) is 0. The molecule has 22 heavy (non-hydrogen) atoms. The molecule has 1 unspecified atom stereocenters. The van der Waals surface area contributed by atoms with Crippen LogP contribution >= 0.6 is 0 Å². The number of amides is 3. The lowest BCUT2D eigenvalue weighted by Crippen LogP contribution is -2.51. The fourth-order valence-electron chi connectivity index (χ4n) is 2.85. The minimum atomic E-state index is -0.352. The molecule has 6 nitrogen and oxygen atoms in total. The monoisotopic (exact) mass is 307 g/mol. The average molecular weight is 307 g/mol. The van der Waals surface area contributed by atoms with Gasteiger partial charge in [0.25, 0.3) is 11.8 Å². The first-order valence-electron chi connectivity index (χ1n) is 8.07. The highest BCUT2D eigenvalue weighted by atomic mass is 16.2. The van der Waals surface area contributed by atoms with Crippen LogP contribution in [-0.2, 0) is 14.4 Å². The third-order valence-corrected chi connectivity index (χ3v) is 4.29. The van der Waals surface area contributed by atoms with E-state index in [-0.39, 0.29) is 30.2 Å². The zero-order valence-electron chi connectivity index (χ0n) is 13.5. The maximum absolute atomic E-state index is 12.5. The van der Waals surface area contributed by atoms with Gasteiger partial charge in [-0.1, -0.05) is 20.3 Å². The van der Waals surface area contributed by atoms with Crippen molar-refractivity contribution in [3.8, 4) is 0 Å². The Morgan fingerprint density at radius 2 is 1.73 bits per heavy atom. The van der Waals surface area contributed by atoms with Gasteiger partial charge >= 0.3 is 0 Å². The first-order valence-corrected chi connectivity index (χ1v) is 8.07. The van der Waals surface area contributed by atoms with E-state index in [1.54, 1.807) is 6.92 Å². The lowest BCUT2D eigenvalue weighted by atomic mass is 10.1. The van der Waals surface area contributed by atoms with Crippen molar-refractivity contribution >= 4 is 17.7 Å². The summed E-state index contributed by atoms with van der Waals surface area (Å²) in [4.78, 5) is 40.9. The Bertz CT molecular complexity index is 449. The second kappa shape index (κ2) is 7.54. The van der Waals surface area contributed by atoms with Gasteiger partial charge in [-0.05, 0) is 13.0 Å². The molecule has 3 amide bonds. The Morgan fingerprint density at radius 1 is 1.14 bits per heavy atom. The number of unbranched alkanes of at least 4 members (excludes halogenated alkanes) is 1. The van der Waals surface area contributed by atoms with Gasteiger partial charge < -0.3 is 4.90 Å². The number of carbonyl (C=O) groups excluding carboxylic acids is 3. The molecule has 0 aromatic rings. The van der Waals surface area contributed by atoms with Crippen molar-refractivity contribution in [1.29, 1.82) is 0 Å². The highest BCUT2D eigenvalue weighted by Crippen LogP contribution is 2.12. The van der Waals surface area contributed by atoms with Crippen molar-refractivity contribution in [2.75, 3.05) is 39.3 Å². The van der Waals surface area contributed by atoms with E-state index < -0.39 is 0 Å². The average Bonchev–Trinajstić information content (AvgIpc) is 2.84. The van der Waals surface area contributed by atoms with Crippen molar-refractivity contribution < 1.29 is 14.4 Å². The molecule has 0 aliphatic carbocycles. The topological polar surface area (TPSA) is 60.9 Å². The zero-order chi connectivity index (χ0) is 16.1. The van der Waals surface area contributed by atoms with Crippen molar-refractivity contribution in [2.24, 2.45) is 5.92 Å². The molecule has 2 aliphatic heterocycles. The smallest absolute Gasteiger partial charge is 0.253 e. The van der Waals surface area contributed by atoms with Crippen LogP contribution in [0.2, 0.25) is 0 Å². The van der Waals surface area contributed by atoms with Crippen LogP contribution in [0.5, 0.6) is 0 Å². The highest BCUT2D eigenvalue weighted by molar-refractivity contribution is 6.13. The van der Waals surface area contributed by atoms with Crippen molar-refractivity contribution in [3.63, 3.8) is 0 Å². The third-order valence-electron chi connectivity index (χ3n) is 4.29. The molecule has 1 atom stereocenters. The second-order valence-electron chi connectivity index (χ2n) is 6.04. The van der Waals surface area contributed by atoms with E-state index in [4.69, 9.17) is 0 Å². The number of hydrogen-bond donors (Lipinski definition) is 0. The van der Waals surface area contributed by atoms with Crippen LogP contribution < -0.4 is 0 Å². The van der Waals surface area contributed by atoms with E-state index in [1.807, 2.05) is 4.90 Å². The Kier molecular flexibility index (Phi) is 5.71. The Morgan fingerprint density at radius 3 is 2.27 bits per heavy atom. The first kappa shape index (κ1) is 16.7. The standard InChI is InChI=1S/C16H25N3O3/c1-3-4-7-17-8-10-18(11-9-17)16(22)13(2)12-19-14(20)5-6-15(19)21/h5-6,13H,3-4,7-12H2,1-2H3. The van der Waals surface area contributed by atoms with Gasteiger partial charge in [0.05, 0.1) is 5.92 Å². The summed E-state index contributed by atoms with van der Waals surface area (Å²) in [5, 5.41) is 0. The summed E-state index contributed by atoms with van der Waals surface area (Å²) >= 11 is 0. The van der Waals surface area contributed by atoms with Crippen LogP contribution in [0.1, 0.15) is 26.7 Å². The van der Waals surface area contributed by atoms with E-state index in [2.05, 4.69) is 11.8 Å². The Balaban J connectivity index is 1.79. The van der Waals surface area contributed by atoms with Gasteiger partial charge in [-0.2, -0.15) is 0 Å². The number of carbonyl (C=O) groups is 3. The summed E-state index contributed by atoms with van der Waals surface area (Å²) in [6.07, 6.45) is 4.89. The van der Waals surface area contributed by atoms with Crippen LogP contribution in [0, 0.1) is 5.92 Å². The van der Waals surface area contributed by atoms with Crippen LogP contribution in [0.15, 0.2) is 12.2 Å². The second-order valence-corrected chi connectivity index (χ2v) is 6.04. The predicted molar refractivity (Wildman–Crippen MR) is 83.0 cm³/mol. The highest BCUT2D eigenvalue weighted by Gasteiger charge is 2.30. The largest absolute Gasteiger partial charge is 0.340 e. The summed E-state index contributed by atoms with van der Waals surface area (Å²) in [5.41, 5.74) is 0. The van der Waals surface area contributed by atoms with Crippen molar-refractivity contribution in [2.45, 2.75) is 26.7 Å². The summed E-state index contributed by atoms with van der Waals surface area (Å²) in [7, 11) is 0. The molecule has 0 spiro atoms. The van der Waals surface area contributed by atoms with Gasteiger partial charge in [0.2, 0.25) is 5.91 Å². The Labute approximate surface area is 131 Å². The molecule has 2 heterocycles. The number of imide groups is 1. The molecule has 0 radical (unpaired) electrons. The molecule has 0 aromatic carbocycles. The van der Waals surface area contributed by atoms with E-state index in [9.17, 15) is 14.4 Å². The minimum absolute atomic E-state index is 0.0302. The normalized spacial score (nSPS) is 20.8. The van der Waals surface area contributed by atoms with E-state index in [1.165, 1.54) is 25.0 Å². The van der Waals surface area contributed by atoms with Gasteiger partial charge in [0.1, 0.15) is 0 Å². The fraction of sp³-hybridized carbons (Fsp3) is 0.688. The summed E-state index contributed by atoms with van der Waals surface area (Å²) < 4.78 is 0. The van der Waals surface area contributed by atoms with Crippen LogP contribution in [0.25, 0.3) is 0 Å². The van der Waals surface area contributed by atoms with Gasteiger partial charge in [0, 0.05) is 44.9 Å². The van der Waals surface area contributed by atoms with Gasteiger partial charge in [-0.3, -0.25) is 24.2 Å². The quantitative estimate of drug-likeness (QED) is 0.670. The number of piperazine rings is 1. The fourth-order valence-corrected chi connectivity index (χ4v) is 2.85. The van der Waals surface area contributed by atoms with Crippen LogP contribution in [-0.4, -0.2) is 71.7 Å². The zero-order valence-corrected chi connectivity index (χ0v) is 13.5. The molecule has 0 aromatic heterocycles. The molecule has 122 valence electrons. The SMILES string of the molecule is CCCCN1CCN(C(=O)C(C)CN2C(=O)C=CC2=O)CC1. The summed E-state index contributed by atoms with van der Waals surface area (Å²) in [5.74, 6) is -0.972. The molecule has 0 N–H and O–H groups in total. The number of nitrogens with zero attached hydrogens (tertiary/aromatic N) is 3. The van der Waals surface area contributed by atoms with E-state index >= 15 is 0 Å². The van der Waals surface area contributed by atoms with Crippen molar-refractivity contribution in [1.82, 2.24) is 14.7 Å². The van der Waals surface area contributed by atoms with Gasteiger partial charge in [0.15, 0.2) is 0 Å². The minimum Gasteiger partial charge on any atom is -0.340 e. The molecule has 0 saturated carbocycles. The predicted octanol–water partition coefficient (Wildman–Crippen LogP) is 0.492. The Hall–Kier alpha value is -1.69. The molecule has 1 fully saturated rings.